The number of hydrogen-bond donors (Lipinski definition) is 1. The Balaban J connectivity index is 1.48. The molecule has 1 fully saturated rings. The van der Waals surface area contributed by atoms with Gasteiger partial charge in [-0.15, -0.1) is 0 Å². The van der Waals surface area contributed by atoms with Gasteiger partial charge in [-0.1, -0.05) is 37.3 Å². The second-order valence-corrected chi connectivity index (χ2v) is 7.76. The number of nitrogens with one attached hydrogen (secondary N) is 1. The summed E-state index contributed by atoms with van der Waals surface area (Å²) < 4.78 is 12.0. The molecule has 2 aromatic carbocycles. The lowest BCUT2D eigenvalue weighted by Crippen LogP contribution is -2.37. The lowest BCUT2D eigenvalue weighted by molar-refractivity contribution is -0.128. The van der Waals surface area contributed by atoms with Crippen LogP contribution in [0.2, 0.25) is 0 Å². The van der Waals surface area contributed by atoms with Crippen molar-refractivity contribution in [2.75, 3.05) is 20.1 Å². The minimum Gasteiger partial charge on any atom is -0.490 e. The Morgan fingerprint density at radius 3 is 2.48 bits per heavy atom. The van der Waals surface area contributed by atoms with Crippen molar-refractivity contribution in [3.63, 3.8) is 0 Å². The van der Waals surface area contributed by atoms with Gasteiger partial charge >= 0.3 is 0 Å². The Bertz CT molecular complexity index is 783. The van der Waals surface area contributed by atoms with Gasteiger partial charge in [-0.2, -0.15) is 0 Å². The predicted octanol–water partition coefficient (Wildman–Crippen LogP) is 3.94. The summed E-state index contributed by atoms with van der Waals surface area (Å²) in [7, 11) is 2.15. The van der Waals surface area contributed by atoms with E-state index in [1.54, 1.807) is 0 Å². The summed E-state index contributed by atoms with van der Waals surface area (Å²) in [5.41, 5.74) is 2.07. The molecule has 0 radical (unpaired) electrons. The van der Waals surface area contributed by atoms with Crippen molar-refractivity contribution < 1.29 is 14.3 Å². The molecule has 1 aliphatic rings. The van der Waals surface area contributed by atoms with Crippen LogP contribution in [-0.4, -0.2) is 43.2 Å². The van der Waals surface area contributed by atoms with Crippen molar-refractivity contribution in [1.82, 2.24) is 10.2 Å². The molecule has 5 heteroatoms. The lowest BCUT2D eigenvalue weighted by Gasteiger charge is -2.29. The van der Waals surface area contributed by atoms with Gasteiger partial charge in [-0.25, -0.2) is 0 Å². The van der Waals surface area contributed by atoms with E-state index in [4.69, 9.17) is 9.47 Å². The second-order valence-electron chi connectivity index (χ2n) is 7.76. The van der Waals surface area contributed by atoms with E-state index in [2.05, 4.69) is 17.3 Å². The fourth-order valence-electron chi connectivity index (χ4n) is 3.45. The average molecular weight is 397 g/mol. The lowest BCUT2D eigenvalue weighted by atomic mass is 10.1. The van der Waals surface area contributed by atoms with Crippen molar-refractivity contribution >= 4 is 5.91 Å². The first-order chi connectivity index (χ1) is 14.0. The zero-order valence-electron chi connectivity index (χ0n) is 17.7. The molecule has 5 nitrogen and oxygen atoms in total. The van der Waals surface area contributed by atoms with Crippen LogP contribution in [0, 0.1) is 6.92 Å². The molecule has 29 heavy (non-hydrogen) atoms. The fourth-order valence-corrected chi connectivity index (χ4v) is 3.45. The van der Waals surface area contributed by atoms with Gasteiger partial charge in [0.05, 0.1) is 0 Å². The van der Waals surface area contributed by atoms with Crippen molar-refractivity contribution in [1.29, 1.82) is 0 Å². The van der Waals surface area contributed by atoms with E-state index in [1.807, 2.05) is 62.4 Å². The number of nitrogens with zero attached hydrogens (tertiary/aromatic N) is 1. The van der Waals surface area contributed by atoms with Crippen LogP contribution in [0.15, 0.2) is 48.5 Å². The first kappa shape index (κ1) is 21.2. The van der Waals surface area contributed by atoms with Crippen LogP contribution in [-0.2, 0) is 11.3 Å². The third-order valence-corrected chi connectivity index (χ3v) is 5.38. The van der Waals surface area contributed by atoms with Crippen LogP contribution in [0.1, 0.15) is 37.3 Å². The molecule has 0 saturated carbocycles. The maximum atomic E-state index is 12.6. The average Bonchev–Trinajstić information content (AvgIpc) is 2.74. The number of carbonyl (C=O) groups is 1. The standard InChI is InChI=1S/C24H32N2O3/c1-4-22(29-23-8-6-5-7-18(23)2)24(27)25-17-19-9-11-20(12-10-19)28-21-13-15-26(3)16-14-21/h5-12,21-22H,4,13-17H2,1-3H3,(H,25,27). The van der Waals surface area contributed by atoms with Gasteiger partial charge in [0, 0.05) is 19.6 Å². The van der Waals surface area contributed by atoms with Gasteiger partial charge in [0.1, 0.15) is 17.6 Å². The largest absolute Gasteiger partial charge is 0.490 e. The number of piperidine rings is 1. The normalized spacial score (nSPS) is 16.2. The SMILES string of the molecule is CCC(Oc1ccccc1C)C(=O)NCc1ccc(OC2CCN(C)CC2)cc1. The number of ether oxygens (including phenoxy) is 2. The molecule has 3 rings (SSSR count). The van der Waals surface area contributed by atoms with E-state index < -0.39 is 6.10 Å². The van der Waals surface area contributed by atoms with E-state index in [0.29, 0.717) is 19.1 Å². The topological polar surface area (TPSA) is 50.8 Å². The Hall–Kier alpha value is -2.53. The molecule has 156 valence electrons. The summed E-state index contributed by atoms with van der Waals surface area (Å²) in [6, 6.07) is 15.7. The van der Waals surface area contributed by atoms with Gasteiger partial charge < -0.3 is 19.7 Å². The predicted molar refractivity (Wildman–Crippen MR) is 115 cm³/mol. The van der Waals surface area contributed by atoms with Gasteiger partial charge in [-0.3, -0.25) is 4.79 Å². The zero-order chi connectivity index (χ0) is 20.6. The molecule has 1 unspecified atom stereocenters. The highest BCUT2D eigenvalue weighted by Crippen LogP contribution is 2.20. The molecule has 1 heterocycles. The molecule has 1 aliphatic heterocycles. The van der Waals surface area contributed by atoms with E-state index in [0.717, 1.165) is 48.6 Å². The molecule has 1 atom stereocenters. The number of carbonyl (C=O) groups excluding carboxylic acids is 1. The van der Waals surface area contributed by atoms with Crippen LogP contribution in [0.25, 0.3) is 0 Å². The molecule has 1 saturated heterocycles. The molecule has 0 bridgehead atoms. The maximum Gasteiger partial charge on any atom is 0.261 e. The summed E-state index contributed by atoms with van der Waals surface area (Å²) in [5, 5.41) is 2.99. The first-order valence-electron chi connectivity index (χ1n) is 10.5. The van der Waals surface area contributed by atoms with Crippen molar-refractivity contribution in [2.45, 2.75) is 51.9 Å². The van der Waals surface area contributed by atoms with Crippen LogP contribution in [0.4, 0.5) is 0 Å². The highest BCUT2D eigenvalue weighted by Gasteiger charge is 2.19. The highest BCUT2D eigenvalue weighted by atomic mass is 16.5. The van der Waals surface area contributed by atoms with Gasteiger partial charge in [0.25, 0.3) is 5.91 Å². The summed E-state index contributed by atoms with van der Waals surface area (Å²) >= 11 is 0. The van der Waals surface area contributed by atoms with Crippen LogP contribution < -0.4 is 14.8 Å². The molecule has 2 aromatic rings. The summed E-state index contributed by atoms with van der Waals surface area (Å²) in [6.07, 6.45) is 2.54. The summed E-state index contributed by atoms with van der Waals surface area (Å²) in [4.78, 5) is 14.9. The third kappa shape index (κ3) is 6.23. The van der Waals surface area contributed by atoms with Gasteiger partial charge in [-0.05, 0) is 62.6 Å². The van der Waals surface area contributed by atoms with Crippen LogP contribution >= 0.6 is 0 Å². The van der Waals surface area contributed by atoms with Crippen molar-refractivity contribution in [3.05, 3.63) is 59.7 Å². The molecule has 0 aliphatic carbocycles. The van der Waals surface area contributed by atoms with Gasteiger partial charge in [0.2, 0.25) is 0 Å². The second kappa shape index (κ2) is 10.3. The minimum absolute atomic E-state index is 0.0950. The van der Waals surface area contributed by atoms with E-state index in [1.165, 1.54) is 0 Å². The molecule has 0 spiro atoms. The van der Waals surface area contributed by atoms with E-state index >= 15 is 0 Å². The molecule has 1 N–H and O–H groups in total. The highest BCUT2D eigenvalue weighted by molar-refractivity contribution is 5.81. The molecular formula is C24H32N2O3. The number of amides is 1. The van der Waals surface area contributed by atoms with E-state index in [-0.39, 0.29) is 5.91 Å². The van der Waals surface area contributed by atoms with Crippen LogP contribution in [0.3, 0.4) is 0 Å². The smallest absolute Gasteiger partial charge is 0.261 e. The number of rotatable bonds is 8. The number of para-hydroxylation sites is 1. The van der Waals surface area contributed by atoms with Gasteiger partial charge in [0.15, 0.2) is 6.10 Å². The van der Waals surface area contributed by atoms with Crippen molar-refractivity contribution in [3.8, 4) is 11.5 Å². The fraction of sp³-hybridized carbons (Fsp3) is 0.458. The molecule has 1 amide bonds. The van der Waals surface area contributed by atoms with E-state index in [9.17, 15) is 4.79 Å². The Labute approximate surface area is 174 Å². The minimum atomic E-state index is -0.497. The Morgan fingerprint density at radius 2 is 1.83 bits per heavy atom. The number of benzene rings is 2. The van der Waals surface area contributed by atoms with Crippen molar-refractivity contribution in [2.24, 2.45) is 0 Å². The molecular weight excluding hydrogens is 364 g/mol. The quantitative estimate of drug-likeness (QED) is 0.734. The molecule has 0 aromatic heterocycles. The Morgan fingerprint density at radius 1 is 1.14 bits per heavy atom. The first-order valence-corrected chi connectivity index (χ1v) is 10.5. The summed E-state index contributed by atoms with van der Waals surface area (Å²) in [5.74, 6) is 1.55. The van der Waals surface area contributed by atoms with Crippen LogP contribution in [0.5, 0.6) is 11.5 Å². The monoisotopic (exact) mass is 396 g/mol. The number of aryl methyl sites for hydroxylation is 1. The number of likely N-dealkylation sites (tertiary alicyclic amines) is 1. The zero-order valence-corrected chi connectivity index (χ0v) is 17.7. The maximum absolute atomic E-state index is 12.6. The summed E-state index contributed by atoms with van der Waals surface area (Å²) in [6.45, 7) is 6.57. The third-order valence-electron chi connectivity index (χ3n) is 5.38. The Kier molecular flexibility index (Phi) is 7.53. The number of hydrogen-bond acceptors (Lipinski definition) is 4.